The summed E-state index contributed by atoms with van der Waals surface area (Å²) in [5.41, 5.74) is 2.57. The molecule has 0 aliphatic carbocycles. The molecule has 10 heteroatoms. The molecule has 1 fully saturated rings. The molecule has 176 valence electrons. The van der Waals surface area contributed by atoms with E-state index in [1.807, 2.05) is 52.2 Å². The van der Waals surface area contributed by atoms with Crippen LogP contribution in [0.4, 0.5) is 5.82 Å². The quantitative estimate of drug-likeness (QED) is 0.308. The van der Waals surface area contributed by atoms with Gasteiger partial charge < -0.3 is 14.8 Å². The number of anilines is 1. The van der Waals surface area contributed by atoms with Gasteiger partial charge in [-0.2, -0.15) is 5.10 Å². The summed E-state index contributed by atoms with van der Waals surface area (Å²) in [5, 5.41) is 9.28. The van der Waals surface area contributed by atoms with E-state index in [0.29, 0.717) is 18.7 Å². The van der Waals surface area contributed by atoms with Gasteiger partial charge in [-0.1, -0.05) is 23.9 Å². The van der Waals surface area contributed by atoms with Crippen LogP contribution in [-0.2, 0) is 13.1 Å². The minimum Gasteiger partial charge on any atom is -0.356 e. The van der Waals surface area contributed by atoms with Gasteiger partial charge in [0.1, 0.15) is 5.82 Å². The molecular formula is C24H28N8OS. The van der Waals surface area contributed by atoms with Crippen molar-refractivity contribution < 1.29 is 4.79 Å². The normalized spacial score (nSPS) is 14.0. The first-order valence-corrected chi connectivity index (χ1v) is 12.8. The van der Waals surface area contributed by atoms with Crippen LogP contribution in [-0.4, -0.2) is 61.1 Å². The Morgan fingerprint density at radius 2 is 1.94 bits per heavy atom. The zero-order valence-corrected chi connectivity index (χ0v) is 20.0. The van der Waals surface area contributed by atoms with Crippen molar-refractivity contribution >= 4 is 34.5 Å². The largest absolute Gasteiger partial charge is 0.356 e. The number of imidazole rings is 1. The molecule has 4 heterocycles. The lowest BCUT2D eigenvalue weighted by molar-refractivity contribution is 0.0952. The van der Waals surface area contributed by atoms with Crippen LogP contribution in [0.2, 0.25) is 0 Å². The fourth-order valence-corrected chi connectivity index (χ4v) is 4.61. The van der Waals surface area contributed by atoms with Crippen molar-refractivity contribution in [2.75, 3.05) is 30.8 Å². The molecule has 1 saturated heterocycles. The Bertz CT molecular complexity index is 1250. The molecule has 0 unspecified atom stereocenters. The second kappa shape index (κ2) is 10.3. The Labute approximate surface area is 202 Å². The summed E-state index contributed by atoms with van der Waals surface area (Å²) in [7, 11) is 0. The summed E-state index contributed by atoms with van der Waals surface area (Å²) in [5.74, 6) is 0.874. The third kappa shape index (κ3) is 4.91. The smallest absolute Gasteiger partial charge is 0.251 e. The second-order valence-corrected chi connectivity index (χ2v) is 9.15. The van der Waals surface area contributed by atoms with Crippen molar-refractivity contribution in [1.29, 1.82) is 0 Å². The highest BCUT2D eigenvalue weighted by Crippen LogP contribution is 2.28. The zero-order chi connectivity index (χ0) is 23.3. The highest BCUT2D eigenvalue weighted by Gasteiger charge is 2.19. The highest BCUT2D eigenvalue weighted by atomic mass is 32.2. The number of thioether (sulfide) groups is 1. The molecule has 0 spiro atoms. The van der Waals surface area contributed by atoms with Crippen molar-refractivity contribution in [3.63, 3.8) is 0 Å². The van der Waals surface area contributed by atoms with Crippen LogP contribution in [0.1, 0.15) is 35.2 Å². The van der Waals surface area contributed by atoms with E-state index in [-0.39, 0.29) is 5.91 Å². The van der Waals surface area contributed by atoms with Gasteiger partial charge in [-0.15, -0.1) is 0 Å². The number of fused-ring (bicyclic) bond motifs is 1. The molecule has 1 N–H and O–H groups in total. The number of hydrogen-bond acceptors (Lipinski definition) is 7. The van der Waals surface area contributed by atoms with Crippen molar-refractivity contribution in [2.24, 2.45) is 0 Å². The van der Waals surface area contributed by atoms with E-state index in [9.17, 15) is 4.79 Å². The summed E-state index contributed by atoms with van der Waals surface area (Å²) in [6.07, 6.45) is 12.9. The summed E-state index contributed by atoms with van der Waals surface area (Å²) >= 11 is 1.54. The number of rotatable bonds is 8. The molecule has 0 saturated carbocycles. The maximum atomic E-state index is 12.6. The van der Waals surface area contributed by atoms with Crippen molar-refractivity contribution in [3.8, 4) is 0 Å². The fraction of sp³-hybridized carbons (Fsp3) is 0.375. The molecule has 0 radical (unpaired) electrons. The summed E-state index contributed by atoms with van der Waals surface area (Å²) in [6.45, 7) is 3.76. The molecule has 3 aromatic heterocycles. The molecular weight excluding hydrogens is 448 g/mol. The van der Waals surface area contributed by atoms with Gasteiger partial charge in [0, 0.05) is 44.1 Å². The number of hydrogen-bond donors (Lipinski definition) is 1. The number of piperidine rings is 1. The molecule has 4 aromatic rings. The van der Waals surface area contributed by atoms with Gasteiger partial charge in [-0.3, -0.25) is 4.79 Å². The maximum Gasteiger partial charge on any atom is 0.251 e. The van der Waals surface area contributed by atoms with Gasteiger partial charge in [0.2, 0.25) is 0 Å². The SMILES string of the molecule is CSc1nc(N2CCCCC2)c2cnn(CCNC(=O)c3ccc(Cn4ccnc4)cc3)c2n1. The summed E-state index contributed by atoms with van der Waals surface area (Å²) in [4.78, 5) is 28.5. The van der Waals surface area contributed by atoms with Crippen molar-refractivity contribution in [3.05, 3.63) is 60.3 Å². The third-order valence-corrected chi connectivity index (χ3v) is 6.59. The average molecular weight is 477 g/mol. The molecule has 9 nitrogen and oxygen atoms in total. The monoisotopic (exact) mass is 476 g/mol. The summed E-state index contributed by atoms with van der Waals surface area (Å²) in [6, 6.07) is 7.65. The van der Waals surface area contributed by atoms with Gasteiger partial charge in [0.05, 0.1) is 24.5 Å². The molecule has 1 aromatic carbocycles. The first kappa shape index (κ1) is 22.4. The van der Waals surface area contributed by atoms with E-state index in [1.54, 1.807) is 12.5 Å². The van der Waals surface area contributed by atoms with Crippen LogP contribution in [0.15, 0.2) is 54.3 Å². The minimum absolute atomic E-state index is 0.0981. The number of carbonyl (C=O) groups excluding carboxylic acids is 1. The van der Waals surface area contributed by atoms with Crippen LogP contribution in [0.5, 0.6) is 0 Å². The molecule has 1 aliphatic rings. The minimum atomic E-state index is -0.0981. The topological polar surface area (TPSA) is 93.8 Å². The Morgan fingerprint density at radius 1 is 1.12 bits per heavy atom. The van der Waals surface area contributed by atoms with E-state index < -0.39 is 0 Å². The Morgan fingerprint density at radius 3 is 2.68 bits per heavy atom. The molecule has 5 rings (SSSR count). The average Bonchev–Trinajstić information content (AvgIpc) is 3.54. The first-order valence-electron chi connectivity index (χ1n) is 11.6. The third-order valence-electron chi connectivity index (χ3n) is 6.04. The first-order chi connectivity index (χ1) is 16.7. The Hall–Kier alpha value is -3.40. The van der Waals surface area contributed by atoms with E-state index in [4.69, 9.17) is 9.97 Å². The fourth-order valence-electron chi connectivity index (χ4n) is 4.25. The van der Waals surface area contributed by atoms with Crippen LogP contribution in [0.3, 0.4) is 0 Å². The molecule has 0 atom stereocenters. The number of carbonyl (C=O) groups is 1. The molecule has 1 aliphatic heterocycles. The van der Waals surface area contributed by atoms with E-state index in [2.05, 4.69) is 20.3 Å². The molecule has 34 heavy (non-hydrogen) atoms. The zero-order valence-electron chi connectivity index (χ0n) is 19.2. The Balaban J connectivity index is 1.24. The lowest BCUT2D eigenvalue weighted by atomic mass is 10.1. The van der Waals surface area contributed by atoms with Gasteiger partial charge in [0.25, 0.3) is 5.91 Å². The van der Waals surface area contributed by atoms with Crippen molar-refractivity contribution in [1.82, 2.24) is 34.6 Å². The second-order valence-electron chi connectivity index (χ2n) is 8.37. The van der Waals surface area contributed by atoms with Crippen molar-refractivity contribution in [2.45, 2.75) is 37.5 Å². The lowest BCUT2D eigenvalue weighted by Gasteiger charge is -2.28. The predicted octanol–water partition coefficient (Wildman–Crippen LogP) is 3.21. The van der Waals surface area contributed by atoms with E-state index in [1.165, 1.54) is 31.0 Å². The molecule has 0 bridgehead atoms. The van der Waals surface area contributed by atoms with Gasteiger partial charge in [-0.25, -0.2) is 19.6 Å². The van der Waals surface area contributed by atoms with E-state index >= 15 is 0 Å². The van der Waals surface area contributed by atoms with Crippen LogP contribution in [0, 0.1) is 0 Å². The standard InChI is InChI=1S/C24H28N8OS/c1-34-24-28-21(31-11-3-2-4-12-31)20-15-27-32(22(20)29-24)14-10-26-23(33)19-7-5-18(6-8-19)16-30-13-9-25-17-30/h5-9,13,15,17H,2-4,10-12,14,16H2,1H3,(H,26,33). The number of nitrogens with one attached hydrogen (secondary N) is 1. The van der Waals surface area contributed by atoms with Gasteiger partial charge in [-0.05, 0) is 43.2 Å². The number of nitrogens with zero attached hydrogens (tertiary/aromatic N) is 7. The summed E-state index contributed by atoms with van der Waals surface area (Å²) < 4.78 is 3.85. The van der Waals surface area contributed by atoms with Crippen LogP contribution >= 0.6 is 11.8 Å². The maximum absolute atomic E-state index is 12.6. The number of benzene rings is 1. The van der Waals surface area contributed by atoms with Gasteiger partial charge >= 0.3 is 0 Å². The van der Waals surface area contributed by atoms with Gasteiger partial charge in [0.15, 0.2) is 10.8 Å². The highest BCUT2D eigenvalue weighted by molar-refractivity contribution is 7.98. The van der Waals surface area contributed by atoms with Crippen LogP contribution < -0.4 is 10.2 Å². The Kier molecular flexibility index (Phi) is 6.75. The molecule has 1 amide bonds. The van der Waals surface area contributed by atoms with Crippen LogP contribution in [0.25, 0.3) is 11.0 Å². The van der Waals surface area contributed by atoms with E-state index in [0.717, 1.165) is 47.2 Å². The number of aromatic nitrogens is 6. The lowest BCUT2D eigenvalue weighted by Crippen LogP contribution is -2.30. The predicted molar refractivity (Wildman–Crippen MR) is 133 cm³/mol. The number of amides is 1.